The summed E-state index contributed by atoms with van der Waals surface area (Å²) in [5.74, 6) is 0.00524. The minimum Gasteiger partial charge on any atom is -0.373 e. The fourth-order valence-corrected chi connectivity index (χ4v) is 2.65. The average molecular weight is 318 g/mol. The molecule has 126 valence electrons. The first-order valence-corrected chi connectivity index (χ1v) is 8.25. The van der Waals surface area contributed by atoms with Crippen LogP contribution in [0.25, 0.3) is 0 Å². The van der Waals surface area contributed by atoms with Gasteiger partial charge in [-0.15, -0.1) is 0 Å². The topological polar surface area (TPSA) is 56.8 Å². The molecule has 0 N–H and O–H groups in total. The number of piperazine rings is 1. The fourth-order valence-electron chi connectivity index (χ4n) is 2.65. The van der Waals surface area contributed by atoms with Crippen molar-refractivity contribution in [3.63, 3.8) is 0 Å². The van der Waals surface area contributed by atoms with E-state index in [9.17, 15) is 9.59 Å². The van der Waals surface area contributed by atoms with Gasteiger partial charge in [0, 0.05) is 46.7 Å². The van der Waals surface area contributed by atoms with Crippen molar-refractivity contribution in [3.05, 3.63) is 24.0 Å². The normalized spacial score (nSPS) is 14.7. The molecule has 0 spiro atoms. The number of amides is 2. The third-order valence-corrected chi connectivity index (χ3v) is 4.27. The summed E-state index contributed by atoms with van der Waals surface area (Å²) >= 11 is 0. The highest BCUT2D eigenvalue weighted by Crippen LogP contribution is 2.14. The molecule has 0 bridgehead atoms. The Morgan fingerprint density at radius 1 is 1.17 bits per heavy atom. The monoisotopic (exact) mass is 318 g/mol. The van der Waals surface area contributed by atoms with Crippen LogP contribution in [0.2, 0.25) is 0 Å². The summed E-state index contributed by atoms with van der Waals surface area (Å²) in [6, 6.07) is 3.74. The van der Waals surface area contributed by atoms with E-state index in [1.807, 2.05) is 13.1 Å². The molecule has 1 aliphatic heterocycles. The van der Waals surface area contributed by atoms with Gasteiger partial charge in [0.25, 0.3) is 5.91 Å². The Bertz CT molecular complexity index is 536. The Morgan fingerprint density at radius 3 is 2.35 bits per heavy atom. The van der Waals surface area contributed by atoms with E-state index in [4.69, 9.17) is 0 Å². The molecule has 0 atom stereocenters. The van der Waals surface area contributed by atoms with Gasteiger partial charge in [-0.05, 0) is 18.6 Å². The lowest BCUT2D eigenvalue weighted by atomic mass is 10.2. The molecular formula is C17H26N4O2. The zero-order valence-corrected chi connectivity index (χ0v) is 14.3. The lowest BCUT2D eigenvalue weighted by molar-refractivity contribution is -0.130. The Labute approximate surface area is 138 Å². The summed E-state index contributed by atoms with van der Waals surface area (Å²) in [5, 5.41) is 0. The minimum absolute atomic E-state index is 0.0593. The van der Waals surface area contributed by atoms with Crippen LogP contribution < -0.4 is 4.90 Å². The molecule has 1 aliphatic rings. The standard InChI is InChI=1S/C17H26N4O2/c1-4-5-8-19(3)15-6-7-16(18-13-15)17(23)21-11-9-20(10-12-21)14(2)22/h6-7,13H,4-5,8-12H2,1-3H3. The number of rotatable bonds is 5. The van der Waals surface area contributed by atoms with Gasteiger partial charge in [-0.3, -0.25) is 9.59 Å². The van der Waals surface area contributed by atoms with Crippen molar-refractivity contribution in [2.45, 2.75) is 26.7 Å². The van der Waals surface area contributed by atoms with Crippen molar-refractivity contribution in [1.82, 2.24) is 14.8 Å². The number of hydrogen-bond donors (Lipinski definition) is 0. The molecule has 1 saturated heterocycles. The van der Waals surface area contributed by atoms with Gasteiger partial charge >= 0.3 is 0 Å². The summed E-state index contributed by atoms with van der Waals surface area (Å²) < 4.78 is 0. The second kappa shape index (κ2) is 7.94. The molecule has 1 aromatic heterocycles. The quantitative estimate of drug-likeness (QED) is 0.828. The van der Waals surface area contributed by atoms with Crippen molar-refractivity contribution in [2.24, 2.45) is 0 Å². The van der Waals surface area contributed by atoms with E-state index in [1.165, 1.54) is 0 Å². The highest BCUT2D eigenvalue weighted by molar-refractivity contribution is 5.92. The number of unbranched alkanes of at least 4 members (excludes halogenated alkanes) is 1. The predicted molar refractivity (Wildman–Crippen MR) is 90.6 cm³/mol. The smallest absolute Gasteiger partial charge is 0.272 e. The maximum absolute atomic E-state index is 12.5. The van der Waals surface area contributed by atoms with Crippen LogP contribution in [0.5, 0.6) is 0 Å². The van der Waals surface area contributed by atoms with E-state index in [2.05, 4.69) is 16.8 Å². The van der Waals surface area contributed by atoms with Gasteiger partial charge in [0.1, 0.15) is 5.69 Å². The largest absolute Gasteiger partial charge is 0.373 e. The molecule has 1 aromatic rings. The van der Waals surface area contributed by atoms with Gasteiger partial charge in [0.05, 0.1) is 11.9 Å². The molecule has 6 nitrogen and oxygen atoms in total. The molecule has 2 rings (SSSR count). The Hall–Kier alpha value is -2.11. The summed E-state index contributed by atoms with van der Waals surface area (Å²) in [7, 11) is 2.04. The van der Waals surface area contributed by atoms with Crippen LogP contribution in [0.1, 0.15) is 37.2 Å². The summed E-state index contributed by atoms with van der Waals surface area (Å²) in [6.45, 7) is 7.04. The SMILES string of the molecule is CCCCN(C)c1ccc(C(=O)N2CCN(C(C)=O)CC2)nc1. The van der Waals surface area contributed by atoms with Crippen molar-refractivity contribution >= 4 is 17.5 Å². The summed E-state index contributed by atoms with van der Waals surface area (Å²) in [6.07, 6.45) is 4.05. The van der Waals surface area contributed by atoms with Gasteiger partial charge in [0.2, 0.25) is 5.91 Å². The zero-order valence-electron chi connectivity index (χ0n) is 14.3. The number of aromatic nitrogens is 1. The van der Waals surface area contributed by atoms with Crippen LogP contribution in [0.15, 0.2) is 18.3 Å². The number of pyridine rings is 1. The van der Waals surface area contributed by atoms with Gasteiger partial charge in [-0.25, -0.2) is 4.98 Å². The first kappa shape index (κ1) is 17.2. The van der Waals surface area contributed by atoms with Crippen molar-refractivity contribution in [2.75, 3.05) is 44.7 Å². The minimum atomic E-state index is -0.0593. The first-order valence-electron chi connectivity index (χ1n) is 8.25. The van der Waals surface area contributed by atoms with Crippen LogP contribution >= 0.6 is 0 Å². The zero-order chi connectivity index (χ0) is 16.8. The lowest BCUT2D eigenvalue weighted by Gasteiger charge is -2.34. The molecule has 0 unspecified atom stereocenters. The third-order valence-electron chi connectivity index (χ3n) is 4.27. The Morgan fingerprint density at radius 2 is 1.83 bits per heavy atom. The molecule has 2 heterocycles. The molecule has 0 radical (unpaired) electrons. The molecule has 0 aliphatic carbocycles. The van der Waals surface area contributed by atoms with E-state index in [-0.39, 0.29) is 11.8 Å². The number of carbonyl (C=O) groups is 2. The molecule has 0 aromatic carbocycles. The maximum atomic E-state index is 12.5. The van der Waals surface area contributed by atoms with E-state index >= 15 is 0 Å². The van der Waals surface area contributed by atoms with Gasteiger partial charge in [-0.2, -0.15) is 0 Å². The summed E-state index contributed by atoms with van der Waals surface area (Å²) in [4.78, 5) is 33.8. The lowest BCUT2D eigenvalue weighted by Crippen LogP contribution is -2.50. The highest BCUT2D eigenvalue weighted by atomic mass is 16.2. The number of anilines is 1. The molecule has 0 saturated carbocycles. The summed E-state index contributed by atoms with van der Waals surface area (Å²) in [5.41, 5.74) is 1.49. The predicted octanol–water partition coefficient (Wildman–Crippen LogP) is 1.62. The van der Waals surface area contributed by atoms with Crippen LogP contribution in [0.4, 0.5) is 5.69 Å². The highest BCUT2D eigenvalue weighted by Gasteiger charge is 2.23. The average Bonchev–Trinajstić information content (AvgIpc) is 2.59. The number of carbonyl (C=O) groups excluding carboxylic acids is 2. The van der Waals surface area contributed by atoms with Crippen molar-refractivity contribution < 1.29 is 9.59 Å². The van der Waals surface area contributed by atoms with Crippen LogP contribution in [-0.4, -0.2) is 66.4 Å². The molecule has 6 heteroatoms. The van der Waals surface area contributed by atoms with Gasteiger partial charge in [0.15, 0.2) is 0 Å². The van der Waals surface area contributed by atoms with Crippen LogP contribution in [-0.2, 0) is 4.79 Å². The van der Waals surface area contributed by atoms with Crippen LogP contribution in [0, 0.1) is 0 Å². The van der Waals surface area contributed by atoms with Crippen LogP contribution in [0.3, 0.4) is 0 Å². The Balaban J connectivity index is 1.94. The second-order valence-electron chi connectivity index (χ2n) is 5.98. The molecule has 23 heavy (non-hydrogen) atoms. The van der Waals surface area contributed by atoms with Gasteiger partial charge in [-0.1, -0.05) is 13.3 Å². The maximum Gasteiger partial charge on any atom is 0.272 e. The molecular weight excluding hydrogens is 292 g/mol. The third kappa shape index (κ3) is 4.43. The first-order chi connectivity index (χ1) is 11.0. The fraction of sp³-hybridized carbons (Fsp3) is 0.588. The van der Waals surface area contributed by atoms with E-state index in [1.54, 1.807) is 29.0 Å². The van der Waals surface area contributed by atoms with E-state index < -0.39 is 0 Å². The Kier molecular flexibility index (Phi) is 5.96. The van der Waals surface area contributed by atoms with E-state index in [0.717, 1.165) is 25.1 Å². The van der Waals surface area contributed by atoms with E-state index in [0.29, 0.717) is 31.9 Å². The molecule has 1 fully saturated rings. The molecule has 2 amide bonds. The number of nitrogens with zero attached hydrogens (tertiary/aromatic N) is 4. The van der Waals surface area contributed by atoms with Crippen molar-refractivity contribution in [1.29, 1.82) is 0 Å². The van der Waals surface area contributed by atoms with Crippen molar-refractivity contribution in [3.8, 4) is 0 Å². The van der Waals surface area contributed by atoms with Gasteiger partial charge < -0.3 is 14.7 Å². The number of hydrogen-bond acceptors (Lipinski definition) is 4. The second-order valence-corrected chi connectivity index (χ2v) is 5.98.